The lowest BCUT2D eigenvalue weighted by atomic mass is 10.1. The highest BCUT2D eigenvalue weighted by Gasteiger charge is 2.12. The number of hydrogen-bond acceptors (Lipinski definition) is 6. The van der Waals surface area contributed by atoms with Gasteiger partial charge in [-0.15, -0.1) is 0 Å². The fourth-order valence-electron chi connectivity index (χ4n) is 2.90. The number of rotatable bonds is 7. The second-order valence-corrected chi connectivity index (χ2v) is 6.41. The molecule has 0 bridgehead atoms. The number of methoxy groups -OCH3 is 1. The quantitative estimate of drug-likeness (QED) is 0.488. The number of nitrogens with one attached hydrogen (secondary N) is 2. The Morgan fingerprint density at radius 1 is 1.17 bits per heavy atom. The third kappa shape index (κ3) is 4.14. The number of hydrogen-bond donors (Lipinski definition) is 2. The smallest absolute Gasteiger partial charge is 0.269 e. The van der Waals surface area contributed by atoms with E-state index in [2.05, 4.69) is 20.6 Å². The average Bonchev–Trinajstić information content (AvgIpc) is 3.47. The first-order valence-electron chi connectivity index (χ1n) is 9.24. The standard InChI is InChI=1S/C21H19N5O4/c1-29-15-5-2-4-14(12-15)17-13-18(24-23-17)21(28)22-9-10-26-20(27)8-7-16(25-26)19-6-3-11-30-19/h2-8,11-13H,9-10H2,1H3,(H,22,28)(H,23,24). The minimum absolute atomic E-state index is 0.218. The zero-order valence-electron chi connectivity index (χ0n) is 16.2. The van der Waals surface area contributed by atoms with Crippen LogP contribution in [0.3, 0.4) is 0 Å². The highest BCUT2D eigenvalue weighted by atomic mass is 16.5. The van der Waals surface area contributed by atoms with Crippen molar-refractivity contribution in [2.75, 3.05) is 13.7 Å². The summed E-state index contributed by atoms with van der Waals surface area (Å²) < 4.78 is 11.8. The molecule has 0 radical (unpaired) electrons. The number of benzene rings is 1. The van der Waals surface area contributed by atoms with Gasteiger partial charge < -0.3 is 14.5 Å². The Bertz CT molecular complexity index is 1210. The van der Waals surface area contributed by atoms with Gasteiger partial charge in [-0.1, -0.05) is 12.1 Å². The molecule has 9 heteroatoms. The summed E-state index contributed by atoms with van der Waals surface area (Å²) in [6.07, 6.45) is 1.54. The molecule has 0 atom stereocenters. The Labute approximate surface area is 171 Å². The van der Waals surface area contributed by atoms with E-state index >= 15 is 0 Å². The summed E-state index contributed by atoms with van der Waals surface area (Å²) in [5, 5.41) is 13.9. The highest BCUT2D eigenvalue weighted by molar-refractivity contribution is 5.93. The van der Waals surface area contributed by atoms with E-state index in [9.17, 15) is 9.59 Å². The van der Waals surface area contributed by atoms with Crippen molar-refractivity contribution in [3.05, 3.63) is 76.9 Å². The van der Waals surface area contributed by atoms with Crippen molar-refractivity contribution in [3.8, 4) is 28.5 Å². The summed E-state index contributed by atoms with van der Waals surface area (Å²) in [6.45, 7) is 0.441. The van der Waals surface area contributed by atoms with E-state index in [0.29, 0.717) is 28.6 Å². The molecule has 3 heterocycles. The number of nitrogens with zero attached hydrogens (tertiary/aromatic N) is 3. The van der Waals surface area contributed by atoms with Crippen LogP contribution in [0.2, 0.25) is 0 Å². The molecule has 9 nitrogen and oxygen atoms in total. The number of carbonyl (C=O) groups is 1. The van der Waals surface area contributed by atoms with Crippen molar-refractivity contribution in [2.45, 2.75) is 6.54 Å². The maximum atomic E-state index is 12.4. The van der Waals surface area contributed by atoms with Crippen LogP contribution in [0.4, 0.5) is 0 Å². The SMILES string of the molecule is COc1cccc(-c2cc(C(=O)NCCn3nc(-c4ccco4)ccc3=O)[nH]n2)c1. The molecule has 0 aliphatic carbocycles. The summed E-state index contributed by atoms with van der Waals surface area (Å²) in [5.74, 6) is 0.943. The van der Waals surface area contributed by atoms with Gasteiger partial charge in [-0.05, 0) is 36.4 Å². The molecule has 0 saturated heterocycles. The van der Waals surface area contributed by atoms with Gasteiger partial charge in [0.05, 0.1) is 25.6 Å². The van der Waals surface area contributed by atoms with E-state index in [-0.39, 0.29) is 24.6 Å². The number of aromatic amines is 1. The molecule has 30 heavy (non-hydrogen) atoms. The Hall–Kier alpha value is -4.14. The number of aromatic nitrogens is 4. The maximum Gasteiger partial charge on any atom is 0.269 e. The first-order chi connectivity index (χ1) is 14.6. The zero-order chi connectivity index (χ0) is 20.9. The summed E-state index contributed by atoms with van der Waals surface area (Å²) in [4.78, 5) is 24.4. The molecule has 0 fully saturated rings. The largest absolute Gasteiger partial charge is 0.497 e. The lowest BCUT2D eigenvalue weighted by Gasteiger charge is -2.07. The third-order valence-corrected chi connectivity index (χ3v) is 4.44. The van der Waals surface area contributed by atoms with Gasteiger partial charge in [0.25, 0.3) is 11.5 Å². The molecule has 0 saturated carbocycles. The number of furan rings is 1. The Morgan fingerprint density at radius 2 is 2.07 bits per heavy atom. The molecule has 0 aliphatic heterocycles. The van der Waals surface area contributed by atoms with Gasteiger partial charge in [-0.2, -0.15) is 10.2 Å². The van der Waals surface area contributed by atoms with Gasteiger partial charge in [0.15, 0.2) is 5.76 Å². The monoisotopic (exact) mass is 405 g/mol. The second-order valence-electron chi connectivity index (χ2n) is 6.41. The number of H-pyrrole nitrogens is 1. The predicted molar refractivity (Wildman–Crippen MR) is 109 cm³/mol. The van der Waals surface area contributed by atoms with E-state index < -0.39 is 0 Å². The van der Waals surface area contributed by atoms with Crippen LogP contribution >= 0.6 is 0 Å². The van der Waals surface area contributed by atoms with Crippen molar-refractivity contribution in [1.29, 1.82) is 0 Å². The van der Waals surface area contributed by atoms with E-state index in [4.69, 9.17) is 9.15 Å². The normalized spacial score (nSPS) is 10.7. The third-order valence-electron chi connectivity index (χ3n) is 4.44. The number of amides is 1. The van der Waals surface area contributed by atoms with Crippen molar-refractivity contribution < 1.29 is 13.9 Å². The molecule has 3 aromatic heterocycles. The van der Waals surface area contributed by atoms with E-state index in [1.54, 1.807) is 31.4 Å². The minimum atomic E-state index is -0.327. The van der Waals surface area contributed by atoms with Crippen molar-refractivity contribution >= 4 is 5.91 Å². The summed E-state index contributed by atoms with van der Waals surface area (Å²) in [7, 11) is 1.59. The molecule has 4 rings (SSSR count). The van der Waals surface area contributed by atoms with Crippen molar-refractivity contribution in [3.63, 3.8) is 0 Å². The number of carbonyl (C=O) groups excluding carboxylic acids is 1. The number of ether oxygens (including phenoxy) is 1. The van der Waals surface area contributed by atoms with Gasteiger partial charge in [-0.3, -0.25) is 14.7 Å². The topological polar surface area (TPSA) is 115 Å². The maximum absolute atomic E-state index is 12.4. The fourth-order valence-corrected chi connectivity index (χ4v) is 2.90. The van der Waals surface area contributed by atoms with E-state index in [0.717, 1.165) is 5.56 Å². The summed E-state index contributed by atoms with van der Waals surface area (Å²) in [6, 6.07) is 15.6. The Morgan fingerprint density at radius 3 is 2.87 bits per heavy atom. The average molecular weight is 405 g/mol. The van der Waals surface area contributed by atoms with Crippen LogP contribution in [0.1, 0.15) is 10.5 Å². The van der Waals surface area contributed by atoms with Gasteiger partial charge >= 0.3 is 0 Å². The van der Waals surface area contributed by atoms with Crippen LogP contribution < -0.4 is 15.6 Å². The van der Waals surface area contributed by atoms with Crippen LogP contribution in [-0.2, 0) is 6.54 Å². The second kappa shape index (κ2) is 8.48. The molecule has 1 amide bonds. The van der Waals surface area contributed by atoms with Crippen molar-refractivity contribution in [1.82, 2.24) is 25.3 Å². The van der Waals surface area contributed by atoms with Crippen LogP contribution in [0.15, 0.2) is 70.1 Å². The molecule has 152 valence electrons. The van der Waals surface area contributed by atoms with Crippen LogP contribution in [0.25, 0.3) is 22.7 Å². The van der Waals surface area contributed by atoms with Crippen molar-refractivity contribution in [2.24, 2.45) is 0 Å². The minimum Gasteiger partial charge on any atom is -0.497 e. The van der Waals surface area contributed by atoms with Crippen LogP contribution in [0, 0.1) is 0 Å². The van der Waals surface area contributed by atoms with Gasteiger partial charge in [0.2, 0.25) is 0 Å². The van der Waals surface area contributed by atoms with Crippen LogP contribution in [-0.4, -0.2) is 39.5 Å². The summed E-state index contributed by atoms with van der Waals surface area (Å²) >= 11 is 0. The predicted octanol–water partition coefficient (Wildman–Crippen LogP) is 2.33. The molecule has 0 aliphatic rings. The first-order valence-corrected chi connectivity index (χ1v) is 9.24. The molecule has 2 N–H and O–H groups in total. The summed E-state index contributed by atoms with van der Waals surface area (Å²) in [5.41, 5.74) is 2.06. The van der Waals surface area contributed by atoms with E-state index in [1.807, 2.05) is 24.3 Å². The molecule has 0 unspecified atom stereocenters. The van der Waals surface area contributed by atoms with Gasteiger partial charge in [0.1, 0.15) is 17.1 Å². The fraction of sp³-hybridized carbons (Fsp3) is 0.143. The molecule has 1 aromatic carbocycles. The van der Waals surface area contributed by atoms with E-state index in [1.165, 1.54) is 17.0 Å². The molecule has 0 spiro atoms. The van der Waals surface area contributed by atoms with Gasteiger partial charge in [0, 0.05) is 18.2 Å². The molecular weight excluding hydrogens is 386 g/mol. The molecular formula is C21H19N5O4. The first kappa shape index (κ1) is 19.2. The Balaban J connectivity index is 1.39. The zero-order valence-corrected chi connectivity index (χ0v) is 16.2. The van der Waals surface area contributed by atoms with Gasteiger partial charge in [-0.25, -0.2) is 4.68 Å². The lowest BCUT2D eigenvalue weighted by molar-refractivity contribution is 0.0946. The lowest BCUT2D eigenvalue weighted by Crippen LogP contribution is -2.32. The molecule has 4 aromatic rings. The van der Waals surface area contributed by atoms with Crippen LogP contribution in [0.5, 0.6) is 5.75 Å². The Kier molecular flexibility index (Phi) is 5.42. The highest BCUT2D eigenvalue weighted by Crippen LogP contribution is 2.22.